The number of carbonyl (C=O) groups is 1. The van der Waals surface area contributed by atoms with Gasteiger partial charge >= 0.3 is 5.71 Å². The smallest absolute Gasteiger partial charge is 0.386 e. The number of carboxylic acid groups (broad SMARTS) is 1. The summed E-state index contributed by atoms with van der Waals surface area (Å²) in [5, 5.41) is 8.03. The van der Waals surface area contributed by atoms with Crippen molar-refractivity contribution in [1.82, 2.24) is 0 Å². The summed E-state index contributed by atoms with van der Waals surface area (Å²) in [6.07, 6.45) is 0. The van der Waals surface area contributed by atoms with Crippen molar-refractivity contribution in [3.63, 3.8) is 0 Å². The molecule has 0 aromatic rings. The molecule has 0 aromatic heterocycles. The maximum atomic E-state index is 10.3. The molecule has 5 nitrogen and oxygen atoms in total. The lowest BCUT2D eigenvalue weighted by Gasteiger charge is -1.98. The topological polar surface area (TPSA) is 72.8 Å². The fourth-order valence-corrected chi connectivity index (χ4v) is 0.554. The Morgan fingerprint density at radius 2 is 2.30 bits per heavy atom. The van der Waals surface area contributed by atoms with Crippen LogP contribution in [0.5, 0.6) is 0 Å². The summed E-state index contributed by atoms with van der Waals surface area (Å²) in [6.45, 7) is 1.91. The van der Waals surface area contributed by atoms with Gasteiger partial charge in [-0.25, -0.2) is 4.79 Å². The van der Waals surface area contributed by atoms with Crippen LogP contribution in [0.3, 0.4) is 0 Å². The molecule has 0 aliphatic rings. The van der Waals surface area contributed by atoms with Crippen LogP contribution in [-0.2, 0) is 13.8 Å². The third-order valence-corrected chi connectivity index (χ3v) is 1.38. The van der Waals surface area contributed by atoms with Crippen molar-refractivity contribution in [2.45, 2.75) is 6.92 Å². The average Bonchev–Trinajstić information content (AvgIpc) is 1.88. The van der Waals surface area contributed by atoms with Gasteiger partial charge in [0.25, 0.3) is 8.03 Å². The summed E-state index contributed by atoms with van der Waals surface area (Å²) in [6, 6.07) is 0. The zero-order chi connectivity index (χ0) is 7.98. The molecular formula is C4H9O5P. The first-order valence-corrected chi connectivity index (χ1v) is 3.98. The zero-order valence-electron chi connectivity index (χ0n) is 5.49. The van der Waals surface area contributed by atoms with Gasteiger partial charge in [-0.05, 0) is 6.92 Å². The van der Waals surface area contributed by atoms with E-state index in [2.05, 4.69) is 9.26 Å². The average molecular weight is 168 g/mol. The Morgan fingerprint density at radius 3 is 2.70 bits per heavy atom. The quantitative estimate of drug-likeness (QED) is 0.378. The predicted octanol–water partition coefficient (Wildman–Crippen LogP) is 1.15. The molecule has 0 spiro atoms. The van der Waals surface area contributed by atoms with Crippen LogP contribution >= 0.6 is 8.03 Å². The van der Waals surface area contributed by atoms with Crippen molar-refractivity contribution in [2.24, 2.45) is 0 Å². The highest BCUT2D eigenvalue weighted by atomic mass is 31.1. The van der Waals surface area contributed by atoms with E-state index in [1.165, 1.54) is 0 Å². The molecule has 0 fully saturated rings. The molecule has 0 heterocycles. The van der Waals surface area contributed by atoms with Gasteiger partial charge < -0.3 is 9.84 Å². The van der Waals surface area contributed by atoms with Crippen LogP contribution in [0.2, 0.25) is 0 Å². The van der Waals surface area contributed by atoms with Crippen molar-refractivity contribution >= 4 is 13.7 Å². The normalized spacial score (nSPS) is 12.9. The largest absolute Gasteiger partial charge is 0.474 e. The molecule has 0 bridgehead atoms. The van der Waals surface area contributed by atoms with E-state index >= 15 is 0 Å². The maximum absolute atomic E-state index is 10.3. The molecular weight excluding hydrogens is 159 g/mol. The third-order valence-electron chi connectivity index (χ3n) is 0.652. The van der Waals surface area contributed by atoms with Crippen molar-refractivity contribution in [2.75, 3.05) is 13.4 Å². The molecule has 0 aliphatic carbocycles. The molecule has 1 atom stereocenters. The number of rotatable bonds is 5. The minimum absolute atomic E-state index is 0.222. The van der Waals surface area contributed by atoms with Gasteiger partial charge in [-0.3, -0.25) is 9.09 Å². The van der Waals surface area contributed by atoms with Crippen molar-refractivity contribution in [1.29, 1.82) is 0 Å². The highest BCUT2D eigenvalue weighted by molar-refractivity contribution is 7.58. The first kappa shape index (κ1) is 9.62. The summed E-state index contributed by atoms with van der Waals surface area (Å²) in [7, 11) is -2.94. The van der Waals surface area contributed by atoms with E-state index < -0.39 is 13.7 Å². The van der Waals surface area contributed by atoms with E-state index in [0.29, 0.717) is 6.61 Å². The van der Waals surface area contributed by atoms with Crippen LogP contribution in [-0.4, -0.2) is 24.2 Å². The molecule has 0 saturated carbocycles. The standard InChI is InChI=1S/C4H9O5P/c1-2-8-3-9-10(7)4(5)6/h10H,2-3H2,1H3,(H,5,6). The predicted molar refractivity (Wildman–Crippen MR) is 34.6 cm³/mol. The van der Waals surface area contributed by atoms with E-state index in [9.17, 15) is 9.36 Å². The Morgan fingerprint density at radius 1 is 1.70 bits per heavy atom. The van der Waals surface area contributed by atoms with E-state index in [1.807, 2.05) is 0 Å². The van der Waals surface area contributed by atoms with Gasteiger partial charge in [0.05, 0.1) is 0 Å². The lowest BCUT2D eigenvalue weighted by molar-refractivity contribution is 0.0277. The molecule has 1 unspecified atom stereocenters. The summed E-state index contributed by atoms with van der Waals surface area (Å²) >= 11 is 0. The monoisotopic (exact) mass is 168 g/mol. The van der Waals surface area contributed by atoms with Crippen LogP contribution in [0.1, 0.15) is 6.92 Å². The Hall–Kier alpha value is -0.380. The second kappa shape index (κ2) is 5.41. The first-order valence-electron chi connectivity index (χ1n) is 2.66. The molecule has 6 heteroatoms. The summed E-state index contributed by atoms with van der Waals surface area (Å²) in [4.78, 5) is 9.85. The molecule has 1 N–H and O–H groups in total. The lowest BCUT2D eigenvalue weighted by Crippen LogP contribution is -1.96. The van der Waals surface area contributed by atoms with Gasteiger partial charge in [-0.2, -0.15) is 0 Å². The molecule has 0 aliphatic heterocycles. The van der Waals surface area contributed by atoms with Crippen molar-refractivity contribution in [3.05, 3.63) is 0 Å². The van der Waals surface area contributed by atoms with Crippen LogP contribution in [0.25, 0.3) is 0 Å². The zero-order valence-corrected chi connectivity index (χ0v) is 6.49. The van der Waals surface area contributed by atoms with Crippen molar-refractivity contribution < 1.29 is 23.7 Å². The Kier molecular flexibility index (Phi) is 5.20. The Labute approximate surface area is 58.8 Å². The Bertz CT molecular complexity index is 134. The van der Waals surface area contributed by atoms with Crippen LogP contribution in [0.4, 0.5) is 4.79 Å². The van der Waals surface area contributed by atoms with Gasteiger partial charge in [0, 0.05) is 6.61 Å². The van der Waals surface area contributed by atoms with E-state index in [4.69, 9.17) is 5.11 Å². The highest BCUT2D eigenvalue weighted by Crippen LogP contribution is 2.21. The van der Waals surface area contributed by atoms with Gasteiger partial charge in [0.15, 0.2) is 6.79 Å². The van der Waals surface area contributed by atoms with Crippen LogP contribution in [0.15, 0.2) is 0 Å². The molecule has 0 radical (unpaired) electrons. The van der Waals surface area contributed by atoms with Crippen LogP contribution < -0.4 is 0 Å². The second-order valence-corrected chi connectivity index (χ2v) is 2.64. The molecule has 0 amide bonds. The van der Waals surface area contributed by atoms with Gasteiger partial charge in [0.2, 0.25) is 0 Å². The van der Waals surface area contributed by atoms with E-state index in [-0.39, 0.29) is 6.79 Å². The third kappa shape index (κ3) is 4.49. The van der Waals surface area contributed by atoms with Gasteiger partial charge in [-0.15, -0.1) is 0 Å². The van der Waals surface area contributed by atoms with E-state index in [0.717, 1.165) is 0 Å². The van der Waals surface area contributed by atoms with Gasteiger partial charge in [-0.1, -0.05) is 0 Å². The SMILES string of the molecule is CCOCO[PH](=O)C(=O)O. The second-order valence-electron chi connectivity index (χ2n) is 1.35. The first-order chi connectivity index (χ1) is 4.68. The van der Waals surface area contributed by atoms with E-state index in [1.54, 1.807) is 6.92 Å². The molecule has 10 heavy (non-hydrogen) atoms. The number of ether oxygens (including phenoxy) is 1. The number of hydrogen-bond donors (Lipinski definition) is 1. The fraction of sp³-hybridized carbons (Fsp3) is 0.750. The molecule has 0 aromatic carbocycles. The minimum atomic E-state index is -2.94. The Balaban J connectivity index is 3.31. The van der Waals surface area contributed by atoms with Gasteiger partial charge in [0.1, 0.15) is 0 Å². The van der Waals surface area contributed by atoms with Crippen molar-refractivity contribution in [3.8, 4) is 0 Å². The molecule has 0 rings (SSSR count). The maximum Gasteiger partial charge on any atom is 0.386 e. The summed E-state index contributed by atoms with van der Waals surface area (Å²) in [5.74, 6) is 0. The minimum Gasteiger partial charge on any atom is -0.474 e. The molecule has 0 saturated heterocycles. The highest BCUT2D eigenvalue weighted by Gasteiger charge is 2.07. The fourth-order valence-electron chi connectivity index (χ4n) is 0.240. The number of hydrogen-bond acceptors (Lipinski definition) is 4. The summed E-state index contributed by atoms with van der Waals surface area (Å²) < 4.78 is 19.2. The van der Waals surface area contributed by atoms with Crippen LogP contribution in [0, 0.1) is 0 Å². The lowest BCUT2D eigenvalue weighted by atomic mass is 10.9. The molecule has 60 valence electrons. The summed E-state index contributed by atoms with van der Waals surface area (Å²) in [5.41, 5.74) is -1.43.